The van der Waals surface area contributed by atoms with E-state index in [9.17, 15) is 8.42 Å². The van der Waals surface area contributed by atoms with Gasteiger partial charge in [-0.15, -0.1) is 0 Å². The molecule has 1 N–H and O–H groups in total. The van der Waals surface area contributed by atoms with E-state index in [0.29, 0.717) is 20.4 Å². The maximum Gasteiger partial charge on any atom is 0.261 e. The molecule has 0 saturated heterocycles. The van der Waals surface area contributed by atoms with E-state index in [1.54, 1.807) is 18.2 Å². The van der Waals surface area contributed by atoms with Gasteiger partial charge in [0, 0.05) is 4.47 Å². The molecule has 112 valence electrons. The van der Waals surface area contributed by atoms with Crippen LogP contribution in [-0.4, -0.2) is 15.5 Å². The van der Waals surface area contributed by atoms with Gasteiger partial charge in [0.1, 0.15) is 5.75 Å². The highest BCUT2D eigenvalue weighted by Gasteiger charge is 2.17. The predicted octanol–water partition coefficient (Wildman–Crippen LogP) is 4.33. The van der Waals surface area contributed by atoms with Gasteiger partial charge in [0.15, 0.2) is 0 Å². The molecule has 0 radical (unpaired) electrons. The highest BCUT2D eigenvalue weighted by atomic mass is 79.9. The fourth-order valence-electron chi connectivity index (χ4n) is 1.74. The zero-order valence-corrected chi connectivity index (χ0v) is 15.3. The summed E-state index contributed by atoms with van der Waals surface area (Å²) in [5.74, 6) is 0.575. The minimum absolute atomic E-state index is 0.156. The number of anilines is 1. The lowest BCUT2D eigenvalue weighted by molar-refractivity contribution is 0.411. The number of aryl methyl sites for hydroxylation is 1. The van der Waals surface area contributed by atoms with Crippen LogP contribution in [0.15, 0.2) is 50.2 Å². The van der Waals surface area contributed by atoms with E-state index in [1.807, 2.05) is 13.0 Å². The molecule has 7 heteroatoms. The highest BCUT2D eigenvalue weighted by Crippen LogP contribution is 2.30. The minimum Gasteiger partial charge on any atom is -0.496 e. The topological polar surface area (TPSA) is 55.4 Å². The first-order valence-electron chi connectivity index (χ1n) is 5.96. The summed E-state index contributed by atoms with van der Waals surface area (Å²) in [5.41, 5.74) is 1.47. The van der Waals surface area contributed by atoms with Crippen molar-refractivity contribution >= 4 is 47.6 Å². The first-order valence-corrected chi connectivity index (χ1v) is 9.03. The highest BCUT2D eigenvalue weighted by molar-refractivity contribution is 9.11. The summed E-state index contributed by atoms with van der Waals surface area (Å²) in [6.45, 7) is 1.90. The van der Waals surface area contributed by atoms with Crippen LogP contribution in [0, 0.1) is 6.92 Å². The zero-order chi connectivity index (χ0) is 15.6. The monoisotopic (exact) mass is 433 g/mol. The lowest BCUT2D eigenvalue weighted by atomic mass is 10.2. The van der Waals surface area contributed by atoms with Crippen LogP contribution >= 0.6 is 31.9 Å². The van der Waals surface area contributed by atoms with Crippen LogP contribution in [0.5, 0.6) is 5.75 Å². The van der Waals surface area contributed by atoms with Gasteiger partial charge in [0.25, 0.3) is 10.0 Å². The van der Waals surface area contributed by atoms with E-state index in [-0.39, 0.29) is 4.90 Å². The molecule has 0 atom stereocenters. The van der Waals surface area contributed by atoms with Crippen molar-refractivity contribution in [2.24, 2.45) is 0 Å². The number of benzene rings is 2. The first kappa shape index (κ1) is 16.3. The van der Waals surface area contributed by atoms with Crippen LogP contribution in [0.1, 0.15) is 5.56 Å². The first-order chi connectivity index (χ1) is 9.83. The predicted molar refractivity (Wildman–Crippen MR) is 90.4 cm³/mol. The summed E-state index contributed by atoms with van der Waals surface area (Å²) in [7, 11) is -2.14. The number of hydrogen-bond acceptors (Lipinski definition) is 3. The van der Waals surface area contributed by atoms with Crippen LogP contribution < -0.4 is 9.46 Å². The molecule has 0 fully saturated rings. The van der Waals surface area contributed by atoms with Gasteiger partial charge in [0.2, 0.25) is 0 Å². The van der Waals surface area contributed by atoms with Gasteiger partial charge in [-0.05, 0) is 74.7 Å². The lowest BCUT2D eigenvalue weighted by Gasteiger charge is -2.12. The number of nitrogens with one attached hydrogen (secondary N) is 1. The van der Waals surface area contributed by atoms with Crippen molar-refractivity contribution in [1.82, 2.24) is 0 Å². The Hall–Kier alpha value is -1.05. The Morgan fingerprint density at radius 3 is 2.38 bits per heavy atom. The van der Waals surface area contributed by atoms with E-state index >= 15 is 0 Å². The van der Waals surface area contributed by atoms with E-state index in [2.05, 4.69) is 36.6 Å². The van der Waals surface area contributed by atoms with Crippen LogP contribution in [0.4, 0.5) is 5.69 Å². The molecule has 0 aliphatic carbocycles. The van der Waals surface area contributed by atoms with Gasteiger partial charge in [-0.1, -0.05) is 6.07 Å². The molecule has 0 saturated carbocycles. The van der Waals surface area contributed by atoms with E-state index in [1.165, 1.54) is 19.2 Å². The van der Waals surface area contributed by atoms with Crippen molar-refractivity contribution in [1.29, 1.82) is 0 Å². The van der Waals surface area contributed by atoms with E-state index in [4.69, 9.17) is 4.74 Å². The molecule has 0 spiro atoms. The molecular weight excluding hydrogens is 422 g/mol. The summed E-state index contributed by atoms with van der Waals surface area (Å²) in [6, 6.07) is 10.1. The molecule has 2 rings (SSSR count). The average molecular weight is 435 g/mol. The third kappa shape index (κ3) is 3.78. The van der Waals surface area contributed by atoms with Gasteiger partial charge in [-0.25, -0.2) is 8.42 Å². The van der Waals surface area contributed by atoms with Gasteiger partial charge in [0.05, 0.1) is 22.2 Å². The summed E-state index contributed by atoms with van der Waals surface area (Å²) < 4.78 is 33.8. The van der Waals surface area contributed by atoms with Gasteiger partial charge < -0.3 is 4.74 Å². The molecule has 0 unspecified atom stereocenters. The molecule has 2 aromatic carbocycles. The Balaban J connectivity index is 2.38. The second-order valence-electron chi connectivity index (χ2n) is 4.39. The number of methoxy groups -OCH3 is 1. The van der Waals surface area contributed by atoms with Crippen molar-refractivity contribution in [3.05, 3.63) is 50.9 Å². The van der Waals surface area contributed by atoms with Crippen LogP contribution in [0.2, 0.25) is 0 Å². The Bertz CT molecular complexity index is 776. The van der Waals surface area contributed by atoms with Crippen LogP contribution in [0.25, 0.3) is 0 Å². The molecule has 0 amide bonds. The molecule has 2 aromatic rings. The lowest BCUT2D eigenvalue weighted by Crippen LogP contribution is -2.13. The van der Waals surface area contributed by atoms with Crippen molar-refractivity contribution in [3.63, 3.8) is 0 Å². The summed E-state index contributed by atoms with van der Waals surface area (Å²) in [6.07, 6.45) is 0. The van der Waals surface area contributed by atoms with Gasteiger partial charge in [-0.2, -0.15) is 0 Å². The Labute approximate surface area is 140 Å². The standard InChI is InChI=1S/C14H13Br2NO3S/c1-9-3-5-11(15)13(7-9)17-21(18,19)10-4-6-14(20-2)12(16)8-10/h3-8,17H,1-2H3. The molecule has 0 aromatic heterocycles. The third-order valence-electron chi connectivity index (χ3n) is 2.80. The SMILES string of the molecule is COc1ccc(S(=O)(=O)Nc2cc(C)ccc2Br)cc1Br. The molecule has 21 heavy (non-hydrogen) atoms. The van der Waals surface area contributed by atoms with E-state index < -0.39 is 10.0 Å². The third-order valence-corrected chi connectivity index (χ3v) is 5.47. The Morgan fingerprint density at radius 2 is 1.76 bits per heavy atom. The summed E-state index contributed by atoms with van der Waals surface area (Å²) >= 11 is 6.62. The van der Waals surface area contributed by atoms with Crippen molar-refractivity contribution in [2.75, 3.05) is 11.8 Å². The van der Waals surface area contributed by atoms with Crippen LogP contribution in [-0.2, 0) is 10.0 Å². The molecule has 0 aliphatic rings. The number of sulfonamides is 1. The summed E-state index contributed by atoms with van der Waals surface area (Å²) in [5, 5.41) is 0. The molecule has 4 nitrogen and oxygen atoms in total. The molecular formula is C14H13Br2NO3S. The fraction of sp³-hybridized carbons (Fsp3) is 0.143. The molecule has 0 heterocycles. The second kappa shape index (κ2) is 6.37. The fourth-order valence-corrected chi connectivity index (χ4v) is 4.00. The van der Waals surface area contributed by atoms with Crippen molar-refractivity contribution < 1.29 is 13.2 Å². The number of halogens is 2. The van der Waals surface area contributed by atoms with Crippen LogP contribution in [0.3, 0.4) is 0 Å². The zero-order valence-electron chi connectivity index (χ0n) is 11.4. The largest absolute Gasteiger partial charge is 0.496 e. The molecule has 0 aliphatic heterocycles. The van der Waals surface area contributed by atoms with E-state index in [0.717, 1.165) is 5.56 Å². The maximum absolute atomic E-state index is 12.4. The van der Waals surface area contributed by atoms with Crippen molar-refractivity contribution in [3.8, 4) is 5.75 Å². The average Bonchev–Trinajstić information content (AvgIpc) is 2.42. The van der Waals surface area contributed by atoms with Gasteiger partial charge >= 0.3 is 0 Å². The minimum atomic E-state index is -3.67. The summed E-state index contributed by atoms with van der Waals surface area (Å²) in [4.78, 5) is 0.156. The second-order valence-corrected chi connectivity index (χ2v) is 7.78. The van der Waals surface area contributed by atoms with Gasteiger partial charge in [-0.3, -0.25) is 4.72 Å². The number of hydrogen-bond donors (Lipinski definition) is 1. The Morgan fingerprint density at radius 1 is 1.05 bits per heavy atom. The Kier molecular flexibility index (Phi) is 4.95. The number of ether oxygens (including phenoxy) is 1. The smallest absolute Gasteiger partial charge is 0.261 e. The quantitative estimate of drug-likeness (QED) is 0.778. The maximum atomic E-state index is 12.4. The van der Waals surface area contributed by atoms with Crippen molar-refractivity contribution in [2.45, 2.75) is 11.8 Å². The number of rotatable bonds is 4. The normalized spacial score (nSPS) is 11.2. The molecule has 0 bridgehead atoms.